The Labute approximate surface area is 82.1 Å². The zero-order valence-corrected chi connectivity index (χ0v) is 7.59. The van der Waals surface area contributed by atoms with Crippen LogP contribution in [0.2, 0.25) is 0 Å². The largest absolute Gasteiger partial charge is 0.493 e. The highest BCUT2D eigenvalue weighted by Crippen LogP contribution is 2.13. The molecule has 0 amide bonds. The number of aromatic hydroxyl groups is 1. The summed E-state index contributed by atoms with van der Waals surface area (Å²) in [6, 6.07) is 0. The molecule has 0 saturated heterocycles. The Morgan fingerprint density at radius 3 is 3.07 bits per heavy atom. The molecule has 0 atom stereocenters. The third kappa shape index (κ3) is 1.23. The zero-order valence-electron chi connectivity index (χ0n) is 7.59. The van der Waals surface area contributed by atoms with Crippen molar-refractivity contribution in [2.24, 2.45) is 0 Å². The Morgan fingerprint density at radius 1 is 1.67 bits per heavy atom. The first-order chi connectivity index (χ1) is 7.15. The molecule has 0 aliphatic rings. The molecule has 8 heteroatoms. The van der Waals surface area contributed by atoms with Crippen molar-refractivity contribution in [3.05, 3.63) is 22.2 Å². The minimum absolute atomic E-state index is 0.0464. The third-order valence-corrected chi connectivity index (χ3v) is 1.84. The Kier molecular flexibility index (Phi) is 1.89. The maximum atomic E-state index is 11.4. The van der Waals surface area contributed by atoms with Gasteiger partial charge in [0.2, 0.25) is 11.7 Å². The second-order valence-electron chi connectivity index (χ2n) is 2.67. The van der Waals surface area contributed by atoms with Crippen LogP contribution in [0.5, 0.6) is 5.88 Å². The highest BCUT2D eigenvalue weighted by atomic mass is 16.5. The van der Waals surface area contributed by atoms with Gasteiger partial charge in [-0.1, -0.05) is 0 Å². The molecule has 0 aliphatic carbocycles. The predicted octanol–water partition coefficient (Wildman–Crippen LogP) is -1.09. The Balaban J connectivity index is 2.84. The van der Waals surface area contributed by atoms with E-state index >= 15 is 0 Å². The van der Waals surface area contributed by atoms with E-state index in [2.05, 4.69) is 19.9 Å². The first kappa shape index (κ1) is 9.19. The fourth-order valence-electron chi connectivity index (χ4n) is 1.15. The summed E-state index contributed by atoms with van der Waals surface area (Å²) in [5, 5.41) is 16.6. The summed E-state index contributed by atoms with van der Waals surface area (Å²) in [7, 11) is 1.11. The lowest BCUT2D eigenvalue weighted by atomic mass is 10.3. The van der Waals surface area contributed by atoms with Crippen LogP contribution in [-0.4, -0.2) is 37.8 Å². The number of esters is 1. The maximum Gasteiger partial charge on any atom is 0.349 e. The number of methoxy groups -OCH3 is 1. The molecule has 2 heterocycles. The van der Waals surface area contributed by atoms with Crippen LogP contribution in [-0.2, 0) is 4.74 Å². The highest BCUT2D eigenvalue weighted by Gasteiger charge is 2.20. The average Bonchev–Trinajstić information content (AvgIpc) is 2.65. The third-order valence-electron chi connectivity index (χ3n) is 1.84. The van der Waals surface area contributed by atoms with Crippen molar-refractivity contribution in [3.63, 3.8) is 0 Å². The number of rotatable bonds is 1. The van der Waals surface area contributed by atoms with Crippen LogP contribution in [0.3, 0.4) is 0 Å². The summed E-state index contributed by atoms with van der Waals surface area (Å²) in [5.74, 6) is -1.43. The first-order valence-corrected chi connectivity index (χ1v) is 3.88. The van der Waals surface area contributed by atoms with Crippen LogP contribution < -0.4 is 5.56 Å². The van der Waals surface area contributed by atoms with Crippen molar-refractivity contribution >= 4 is 11.7 Å². The Hall–Kier alpha value is -2.38. The van der Waals surface area contributed by atoms with Gasteiger partial charge in [-0.15, -0.1) is 10.2 Å². The van der Waals surface area contributed by atoms with Gasteiger partial charge in [0.05, 0.1) is 7.11 Å². The van der Waals surface area contributed by atoms with E-state index in [1.807, 2.05) is 0 Å². The monoisotopic (exact) mass is 210 g/mol. The van der Waals surface area contributed by atoms with Gasteiger partial charge in [-0.25, -0.2) is 9.20 Å². The summed E-state index contributed by atoms with van der Waals surface area (Å²) < 4.78 is 5.41. The Morgan fingerprint density at radius 2 is 2.40 bits per heavy atom. The topological polar surface area (TPSA) is 110 Å². The number of H-pyrrole nitrogens is 1. The average molecular weight is 210 g/mol. The van der Waals surface area contributed by atoms with Crippen molar-refractivity contribution in [1.29, 1.82) is 0 Å². The number of ether oxygens (including phenoxy) is 1. The SMILES string of the molecule is COC(=O)c1c(O)n2cnnc2[nH]c1=O. The van der Waals surface area contributed by atoms with Crippen LogP contribution in [0.1, 0.15) is 10.4 Å². The summed E-state index contributed by atoms with van der Waals surface area (Å²) >= 11 is 0. The lowest BCUT2D eigenvalue weighted by Gasteiger charge is -2.02. The number of carbonyl (C=O) groups is 1. The van der Waals surface area contributed by atoms with Crippen LogP contribution >= 0.6 is 0 Å². The van der Waals surface area contributed by atoms with E-state index in [9.17, 15) is 14.7 Å². The fourth-order valence-corrected chi connectivity index (χ4v) is 1.15. The van der Waals surface area contributed by atoms with Crippen molar-refractivity contribution in [2.45, 2.75) is 0 Å². The lowest BCUT2D eigenvalue weighted by molar-refractivity contribution is 0.0594. The number of nitrogens with zero attached hydrogens (tertiary/aromatic N) is 3. The van der Waals surface area contributed by atoms with Gasteiger partial charge in [-0.3, -0.25) is 9.78 Å². The van der Waals surface area contributed by atoms with Crippen LogP contribution in [0.4, 0.5) is 0 Å². The standard InChI is InChI=1S/C7H6N4O4/c1-15-6(14)3-4(12)9-7-10-8-2-11(7)5(3)13/h2,13H,1H3,(H,9,10,12). The number of aromatic amines is 1. The molecule has 0 spiro atoms. The molecular weight excluding hydrogens is 204 g/mol. The summed E-state index contributed by atoms with van der Waals surface area (Å²) in [5.41, 5.74) is -1.26. The molecule has 8 nitrogen and oxygen atoms in total. The van der Waals surface area contributed by atoms with E-state index in [4.69, 9.17) is 0 Å². The number of hydrogen-bond acceptors (Lipinski definition) is 6. The van der Waals surface area contributed by atoms with Gasteiger partial charge in [0.25, 0.3) is 5.56 Å². The smallest absolute Gasteiger partial charge is 0.349 e. The number of hydrogen-bond donors (Lipinski definition) is 2. The van der Waals surface area contributed by atoms with Gasteiger partial charge < -0.3 is 9.84 Å². The number of nitrogens with one attached hydrogen (secondary N) is 1. The molecule has 0 bridgehead atoms. The second kappa shape index (κ2) is 3.08. The number of carbonyl (C=O) groups excluding carboxylic acids is 1. The zero-order chi connectivity index (χ0) is 11.0. The maximum absolute atomic E-state index is 11.4. The quantitative estimate of drug-likeness (QED) is 0.579. The predicted molar refractivity (Wildman–Crippen MR) is 46.6 cm³/mol. The summed E-state index contributed by atoms with van der Waals surface area (Å²) in [6.45, 7) is 0. The molecule has 0 fully saturated rings. The van der Waals surface area contributed by atoms with E-state index in [0.29, 0.717) is 0 Å². The minimum Gasteiger partial charge on any atom is -0.493 e. The molecule has 78 valence electrons. The first-order valence-electron chi connectivity index (χ1n) is 3.88. The van der Waals surface area contributed by atoms with Crippen LogP contribution in [0, 0.1) is 0 Å². The number of aromatic nitrogens is 4. The highest BCUT2D eigenvalue weighted by molar-refractivity contribution is 5.91. The summed E-state index contributed by atoms with van der Waals surface area (Å²) in [4.78, 5) is 24.8. The molecule has 2 aromatic heterocycles. The summed E-state index contributed by atoms with van der Waals surface area (Å²) in [6.07, 6.45) is 1.16. The normalized spacial score (nSPS) is 10.5. The van der Waals surface area contributed by atoms with Crippen molar-refractivity contribution in [3.8, 4) is 5.88 Å². The lowest BCUT2D eigenvalue weighted by Crippen LogP contribution is -2.20. The molecule has 2 N–H and O–H groups in total. The molecule has 2 aromatic rings. The van der Waals surface area contributed by atoms with Crippen LogP contribution in [0.15, 0.2) is 11.1 Å². The molecule has 0 unspecified atom stereocenters. The van der Waals surface area contributed by atoms with Gasteiger partial charge in [0.15, 0.2) is 5.56 Å². The minimum atomic E-state index is -0.927. The second-order valence-corrected chi connectivity index (χ2v) is 2.67. The van der Waals surface area contributed by atoms with Gasteiger partial charge in [0, 0.05) is 0 Å². The molecule has 0 aromatic carbocycles. The van der Waals surface area contributed by atoms with E-state index in [0.717, 1.165) is 17.8 Å². The van der Waals surface area contributed by atoms with E-state index < -0.39 is 23.0 Å². The van der Waals surface area contributed by atoms with Crippen molar-refractivity contribution < 1.29 is 14.6 Å². The van der Waals surface area contributed by atoms with Crippen molar-refractivity contribution in [1.82, 2.24) is 19.6 Å². The van der Waals surface area contributed by atoms with Gasteiger partial charge >= 0.3 is 5.97 Å². The van der Waals surface area contributed by atoms with Crippen LogP contribution in [0.25, 0.3) is 5.78 Å². The molecule has 15 heavy (non-hydrogen) atoms. The molecule has 2 rings (SSSR count). The van der Waals surface area contributed by atoms with Gasteiger partial charge in [-0.05, 0) is 0 Å². The Bertz CT molecular complexity index is 584. The van der Waals surface area contributed by atoms with Gasteiger partial charge in [0.1, 0.15) is 6.33 Å². The van der Waals surface area contributed by atoms with E-state index in [1.54, 1.807) is 0 Å². The molecular formula is C7H6N4O4. The number of fused-ring (bicyclic) bond motifs is 1. The van der Waals surface area contributed by atoms with E-state index in [1.165, 1.54) is 0 Å². The van der Waals surface area contributed by atoms with E-state index in [-0.39, 0.29) is 5.78 Å². The molecule has 0 aliphatic heterocycles. The molecule has 0 radical (unpaired) electrons. The van der Waals surface area contributed by atoms with Gasteiger partial charge in [-0.2, -0.15) is 0 Å². The molecule has 0 saturated carbocycles. The van der Waals surface area contributed by atoms with Crippen molar-refractivity contribution in [2.75, 3.05) is 7.11 Å². The fraction of sp³-hybridized carbons (Fsp3) is 0.143.